The van der Waals surface area contributed by atoms with E-state index in [0.717, 1.165) is 36.8 Å². The van der Waals surface area contributed by atoms with Crippen molar-refractivity contribution < 1.29 is 10.2 Å². The smallest absolute Gasteiger partial charge is 0.127 e. The molecule has 0 saturated heterocycles. The molecule has 3 nitrogen and oxygen atoms in total. The third kappa shape index (κ3) is 5.13. The van der Waals surface area contributed by atoms with Crippen molar-refractivity contribution in [3.63, 3.8) is 0 Å². The second-order valence-electron chi connectivity index (χ2n) is 9.50. The first-order valence-corrected chi connectivity index (χ1v) is 10.7. The molecule has 3 atom stereocenters. The van der Waals surface area contributed by atoms with Crippen LogP contribution in [0.15, 0.2) is 17.1 Å². The number of aryl methyl sites for hydroxylation is 1. The molecule has 2 rings (SSSR count). The van der Waals surface area contributed by atoms with Gasteiger partial charge in [-0.05, 0) is 53.7 Å². The molecule has 3 unspecified atom stereocenters. The Kier molecular flexibility index (Phi) is 7.13. The summed E-state index contributed by atoms with van der Waals surface area (Å²) in [5.41, 5.74) is 2.70. The molecule has 0 spiro atoms. The minimum Gasteiger partial charge on any atom is -0.507 e. The molecule has 2 N–H and O–H groups in total. The highest BCUT2D eigenvalue weighted by molar-refractivity contribution is 5.85. The normalized spacial score (nSPS) is 23.7. The average Bonchev–Trinajstić information content (AvgIpc) is 3.35. The largest absolute Gasteiger partial charge is 0.507 e. The molecule has 1 fully saturated rings. The molecular formula is C24H39NO2. The molecule has 0 bridgehead atoms. The van der Waals surface area contributed by atoms with Crippen LogP contribution in [0.3, 0.4) is 0 Å². The highest BCUT2D eigenvalue weighted by Gasteiger charge is 2.55. The Balaban J connectivity index is 2.33. The van der Waals surface area contributed by atoms with Crippen molar-refractivity contribution in [2.45, 2.75) is 91.0 Å². The van der Waals surface area contributed by atoms with Gasteiger partial charge >= 0.3 is 0 Å². The van der Waals surface area contributed by atoms with Gasteiger partial charge in [0, 0.05) is 11.8 Å². The summed E-state index contributed by atoms with van der Waals surface area (Å²) in [6, 6.07) is 4.22. The van der Waals surface area contributed by atoms with Crippen molar-refractivity contribution in [2.75, 3.05) is 6.61 Å². The van der Waals surface area contributed by atoms with E-state index in [1.54, 1.807) is 0 Å². The van der Waals surface area contributed by atoms with Crippen molar-refractivity contribution in [3.05, 3.63) is 28.8 Å². The molecule has 1 aliphatic carbocycles. The fourth-order valence-corrected chi connectivity index (χ4v) is 3.91. The van der Waals surface area contributed by atoms with Crippen LogP contribution in [-0.2, 0) is 11.8 Å². The number of nitrogens with zero attached hydrogens (tertiary/aromatic N) is 1. The minimum atomic E-state index is -0.345. The molecular weight excluding hydrogens is 334 g/mol. The second kappa shape index (κ2) is 8.77. The predicted molar refractivity (Wildman–Crippen MR) is 115 cm³/mol. The minimum absolute atomic E-state index is 0.0172. The Bertz CT molecular complexity index is 659. The summed E-state index contributed by atoms with van der Waals surface area (Å²) in [6.45, 7) is 13.3. The molecule has 152 valence electrons. The van der Waals surface area contributed by atoms with Crippen LogP contribution in [0.25, 0.3) is 0 Å². The second-order valence-corrected chi connectivity index (χ2v) is 9.50. The van der Waals surface area contributed by atoms with Gasteiger partial charge in [-0.1, -0.05) is 66.9 Å². The molecule has 0 radical (unpaired) electrons. The number of aliphatic hydroxyl groups is 1. The number of aliphatic imine (C=N–C) groups is 1. The van der Waals surface area contributed by atoms with E-state index in [-0.39, 0.29) is 17.6 Å². The van der Waals surface area contributed by atoms with Crippen LogP contribution in [0.4, 0.5) is 0 Å². The van der Waals surface area contributed by atoms with Crippen LogP contribution in [0.2, 0.25) is 0 Å². The Hall–Kier alpha value is -1.35. The van der Waals surface area contributed by atoms with E-state index in [1.165, 1.54) is 18.4 Å². The molecule has 1 aromatic carbocycles. The number of aromatic hydroxyl groups is 1. The first-order chi connectivity index (χ1) is 12.7. The van der Waals surface area contributed by atoms with E-state index in [4.69, 9.17) is 4.99 Å². The molecule has 0 amide bonds. The number of phenols is 1. The van der Waals surface area contributed by atoms with Gasteiger partial charge in [-0.15, -0.1) is 0 Å². The summed E-state index contributed by atoms with van der Waals surface area (Å²) in [5, 5.41) is 20.8. The van der Waals surface area contributed by atoms with E-state index in [9.17, 15) is 10.2 Å². The quantitative estimate of drug-likeness (QED) is 0.435. The van der Waals surface area contributed by atoms with Gasteiger partial charge in [0.25, 0.3) is 0 Å². The molecule has 27 heavy (non-hydrogen) atoms. The van der Waals surface area contributed by atoms with Crippen molar-refractivity contribution in [1.29, 1.82) is 0 Å². The topological polar surface area (TPSA) is 52.8 Å². The zero-order chi connectivity index (χ0) is 20.2. The van der Waals surface area contributed by atoms with Crippen LogP contribution >= 0.6 is 0 Å². The van der Waals surface area contributed by atoms with E-state index < -0.39 is 0 Å². The first-order valence-electron chi connectivity index (χ1n) is 10.7. The highest BCUT2D eigenvalue weighted by atomic mass is 16.3. The molecule has 0 heterocycles. The lowest BCUT2D eigenvalue weighted by Crippen LogP contribution is -2.18. The average molecular weight is 374 g/mol. The fourth-order valence-electron chi connectivity index (χ4n) is 3.91. The van der Waals surface area contributed by atoms with Gasteiger partial charge in [0.15, 0.2) is 0 Å². The SMILES string of the molecule is CCCCCc1cc(C(C)(C)C)cc(C=NC2(CO)CC2C(C)CC)c1O. The summed E-state index contributed by atoms with van der Waals surface area (Å²) in [7, 11) is 0. The van der Waals surface area contributed by atoms with Gasteiger partial charge in [-0.25, -0.2) is 0 Å². The number of hydrogen-bond acceptors (Lipinski definition) is 3. The van der Waals surface area contributed by atoms with Gasteiger partial charge in [0.05, 0.1) is 12.1 Å². The lowest BCUT2D eigenvalue weighted by molar-refractivity contribution is 0.238. The Morgan fingerprint density at radius 3 is 2.52 bits per heavy atom. The molecule has 0 aromatic heterocycles. The van der Waals surface area contributed by atoms with Crippen molar-refractivity contribution >= 4 is 6.21 Å². The van der Waals surface area contributed by atoms with Gasteiger partial charge in [0.1, 0.15) is 5.75 Å². The lowest BCUT2D eigenvalue weighted by Gasteiger charge is -2.22. The summed E-state index contributed by atoms with van der Waals surface area (Å²) < 4.78 is 0. The summed E-state index contributed by atoms with van der Waals surface area (Å²) >= 11 is 0. The number of benzene rings is 1. The third-order valence-electron chi connectivity index (χ3n) is 6.30. The number of hydrogen-bond donors (Lipinski definition) is 2. The Labute approximate surface area is 165 Å². The molecule has 1 saturated carbocycles. The van der Waals surface area contributed by atoms with E-state index in [1.807, 2.05) is 6.21 Å². The lowest BCUT2D eigenvalue weighted by atomic mass is 9.84. The Morgan fingerprint density at radius 1 is 1.26 bits per heavy atom. The standard InChI is InChI=1S/C24H39NO2/c1-7-9-10-11-18-12-20(23(4,5)6)13-19(22(18)27)15-25-24(16-26)14-21(24)17(3)8-2/h12-13,15,17,21,26-27H,7-11,14,16H2,1-6H3. The van der Waals surface area contributed by atoms with Crippen molar-refractivity contribution in [2.24, 2.45) is 16.8 Å². The third-order valence-corrected chi connectivity index (χ3v) is 6.30. The van der Waals surface area contributed by atoms with Crippen molar-refractivity contribution in [1.82, 2.24) is 0 Å². The molecule has 3 heteroatoms. The number of aliphatic hydroxyl groups excluding tert-OH is 1. The maximum atomic E-state index is 10.8. The van der Waals surface area contributed by atoms with E-state index >= 15 is 0 Å². The number of unbranched alkanes of at least 4 members (excludes halogenated alkanes) is 2. The molecule has 1 aromatic rings. The first kappa shape index (κ1) is 21.9. The van der Waals surface area contributed by atoms with Gasteiger partial charge in [-0.2, -0.15) is 0 Å². The van der Waals surface area contributed by atoms with Gasteiger partial charge in [0.2, 0.25) is 0 Å². The zero-order valence-electron chi connectivity index (χ0n) is 18.2. The van der Waals surface area contributed by atoms with E-state index in [2.05, 4.69) is 53.7 Å². The van der Waals surface area contributed by atoms with Crippen LogP contribution in [0.5, 0.6) is 5.75 Å². The van der Waals surface area contributed by atoms with Crippen LogP contribution < -0.4 is 0 Å². The Morgan fingerprint density at radius 2 is 1.96 bits per heavy atom. The maximum absolute atomic E-state index is 10.8. The summed E-state index contributed by atoms with van der Waals surface area (Å²) in [6.07, 6.45) is 8.19. The number of rotatable bonds is 9. The summed E-state index contributed by atoms with van der Waals surface area (Å²) in [4.78, 5) is 4.79. The van der Waals surface area contributed by atoms with Crippen LogP contribution in [0, 0.1) is 11.8 Å². The zero-order valence-corrected chi connectivity index (χ0v) is 18.2. The monoisotopic (exact) mass is 373 g/mol. The van der Waals surface area contributed by atoms with Crippen LogP contribution in [-0.4, -0.2) is 28.6 Å². The van der Waals surface area contributed by atoms with Crippen LogP contribution in [0.1, 0.15) is 90.3 Å². The van der Waals surface area contributed by atoms with E-state index in [0.29, 0.717) is 17.6 Å². The highest BCUT2D eigenvalue weighted by Crippen LogP contribution is 2.52. The summed E-state index contributed by atoms with van der Waals surface area (Å²) in [5.74, 6) is 1.37. The molecule has 1 aliphatic rings. The fraction of sp³-hybridized carbons (Fsp3) is 0.708. The van der Waals surface area contributed by atoms with Gasteiger partial charge < -0.3 is 10.2 Å². The van der Waals surface area contributed by atoms with Crippen molar-refractivity contribution in [3.8, 4) is 5.75 Å². The molecule has 0 aliphatic heterocycles. The predicted octanol–water partition coefficient (Wildman–Crippen LogP) is 5.64. The van der Waals surface area contributed by atoms with Gasteiger partial charge in [-0.3, -0.25) is 4.99 Å². The number of phenolic OH excluding ortho intramolecular Hbond substituents is 1. The maximum Gasteiger partial charge on any atom is 0.127 e.